The molecule has 2 aliphatic heterocycles. The Hall–Kier alpha value is -2.89. The first-order chi connectivity index (χ1) is 13.0. The summed E-state index contributed by atoms with van der Waals surface area (Å²) in [6, 6.07) is 9.84. The van der Waals surface area contributed by atoms with Crippen molar-refractivity contribution in [2.75, 3.05) is 25.0 Å². The molecule has 0 bridgehead atoms. The van der Waals surface area contributed by atoms with Gasteiger partial charge in [-0.05, 0) is 43.0 Å². The number of nitrogens with zero attached hydrogens (tertiary/aromatic N) is 2. The van der Waals surface area contributed by atoms with Crippen molar-refractivity contribution in [2.45, 2.75) is 26.2 Å². The molecule has 1 spiro atoms. The first kappa shape index (κ1) is 17.5. The topological polar surface area (TPSA) is 74.3 Å². The van der Waals surface area contributed by atoms with Gasteiger partial charge in [-0.15, -0.1) is 0 Å². The number of amides is 3. The second-order valence-electron chi connectivity index (χ2n) is 7.68. The number of hydrogen-bond acceptors (Lipinski definition) is 3. The highest BCUT2D eigenvalue weighted by Gasteiger charge is 2.42. The molecule has 2 N–H and O–H groups in total. The summed E-state index contributed by atoms with van der Waals surface area (Å²) in [6.07, 6.45) is 6.00. The van der Waals surface area contributed by atoms with Gasteiger partial charge in [0, 0.05) is 55.1 Å². The number of carbonyl (C=O) groups excluding carboxylic acids is 2. The zero-order chi connectivity index (χ0) is 18.9. The van der Waals surface area contributed by atoms with Gasteiger partial charge >= 0.3 is 6.03 Å². The lowest BCUT2D eigenvalue weighted by atomic mass is 9.79. The smallest absolute Gasteiger partial charge is 0.321 e. The van der Waals surface area contributed by atoms with Crippen LogP contribution < -0.4 is 10.6 Å². The van der Waals surface area contributed by atoms with E-state index in [0.29, 0.717) is 19.5 Å². The number of likely N-dealkylation sites (tertiary alicyclic amines) is 1. The van der Waals surface area contributed by atoms with Crippen LogP contribution in [0.2, 0.25) is 0 Å². The highest BCUT2D eigenvalue weighted by atomic mass is 16.2. The van der Waals surface area contributed by atoms with Crippen LogP contribution in [0, 0.1) is 12.3 Å². The highest BCUT2D eigenvalue weighted by Crippen LogP contribution is 2.36. The average Bonchev–Trinajstić information content (AvgIpc) is 3.04. The van der Waals surface area contributed by atoms with E-state index in [1.54, 1.807) is 6.20 Å². The van der Waals surface area contributed by atoms with E-state index in [1.165, 1.54) is 0 Å². The quantitative estimate of drug-likeness (QED) is 0.859. The molecule has 2 aromatic rings. The van der Waals surface area contributed by atoms with E-state index in [2.05, 4.69) is 15.6 Å². The van der Waals surface area contributed by atoms with Crippen LogP contribution in [0.15, 0.2) is 42.7 Å². The maximum Gasteiger partial charge on any atom is 0.321 e. The first-order valence-electron chi connectivity index (χ1n) is 9.38. The van der Waals surface area contributed by atoms with Gasteiger partial charge in [0.05, 0.1) is 0 Å². The minimum atomic E-state index is -0.0979. The fraction of sp³-hybridized carbons (Fsp3) is 0.381. The number of benzene rings is 1. The summed E-state index contributed by atoms with van der Waals surface area (Å²) in [5, 5.41) is 5.99. The molecule has 1 aromatic carbocycles. The van der Waals surface area contributed by atoms with Crippen LogP contribution in [0.1, 0.15) is 24.8 Å². The van der Waals surface area contributed by atoms with Gasteiger partial charge in [-0.2, -0.15) is 0 Å². The van der Waals surface area contributed by atoms with Crippen LogP contribution in [-0.2, 0) is 4.79 Å². The summed E-state index contributed by atoms with van der Waals surface area (Å²) in [5.41, 5.74) is 3.76. The SMILES string of the molecule is Cc1ccc(-c2cccnc2)cc1NC(=O)N1CCCC2(CNC(=O)C2)C1. The van der Waals surface area contributed by atoms with Gasteiger partial charge in [-0.3, -0.25) is 9.78 Å². The Morgan fingerprint density at radius 2 is 2.19 bits per heavy atom. The molecule has 4 rings (SSSR count). The van der Waals surface area contributed by atoms with Crippen LogP contribution in [-0.4, -0.2) is 41.5 Å². The van der Waals surface area contributed by atoms with Gasteiger partial charge in [0.1, 0.15) is 0 Å². The Labute approximate surface area is 159 Å². The molecule has 1 atom stereocenters. The van der Waals surface area contributed by atoms with E-state index >= 15 is 0 Å². The number of carbonyl (C=O) groups is 2. The van der Waals surface area contributed by atoms with Crippen LogP contribution in [0.25, 0.3) is 11.1 Å². The minimum Gasteiger partial charge on any atom is -0.355 e. The molecule has 6 nitrogen and oxygen atoms in total. The third kappa shape index (κ3) is 3.65. The Kier molecular flexibility index (Phi) is 4.56. The monoisotopic (exact) mass is 364 g/mol. The normalized spacial score (nSPS) is 22.0. The van der Waals surface area contributed by atoms with E-state index in [1.807, 2.05) is 48.4 Å². The summed E-state index contributed by atoms with van der Waals surface area (Å²) < 4.78 is 0. The fourth-order valence-corrected chi connectivity index (χ4v) is 4.09. The number of rotatable bonds is 2. The molecule has 0 aliphatic carbocycles. The lowest BCUT2D eigenvalue weighted by molar-refractivity contribution is -0.119. The standard InChI is InChI=1S/C21H24N4O2/c1-15-5-6-16(17-4-2-8-22-12-17)10-18(15)24-20(27)25-9-3-7-21(14-25)11-19(26)23-13-21/h2,4-6,8,10,12H,3,7,9,11,13-14H2,1H3,(H,23,26)(H,24,27). The van der Waals surface area contributed by atoms with Crippen molar-refractivity contribution in [3.63, 3.8) is 0 Å². The Bertz CT molecular complexity index is 868. The predicted octanol–water partition coefficient (Wildman–Crippen LogP) is 3.19. The number of anilines is 1. The molecule has 0 radical (unpaired) electrons. The molecule has 2 fully saturated rings. The fourth-order valence-electron chi connectivity index (χ4n) is 4.09. The molecule has 27 heavy (non-hydrogen) atoms. The second-order valence-corrected chi connectivity index (χ2v) is 7.68. The lowest BCUT2D eigenvalue weighted by Gasteiger charge is -2.39. The number of urea groups is 1. The van der Waals surface area contributed by atoms with E-state index in [0.717, 1.165) is 41.8 Å². The van der Waals surface area contributed by atoms with E-state index in [-0.39, 0.29) is 17.4 Å². The molecule has 140 valence electrons. The number of piperidine rings is 1. The molecule has 1 aromatic heterocycles. The zero-order valence-corrected chi connectivity index (χ0v) is 15.5. The van der Waals surface area contributed by atoms with Gasteiger partial charge in [-0.1, -0.05) is 18.2 Å². The molecule has 2 aliphatic rings. The molecule has 6 heteroatoms. The summed E-state index contributed by atoms with van der Waals surface area (Å²) in [6.45, 7) is 4.01. The number of hydrogen-bond donors (Lipinski definition) is 2. The van der Waals surface area contributed by atoms with Crippen LogP contribution in [0.5, 0.6) is 0 Å². The first-order valence-corrected chi connectivity index (χ1v) is 9.38. The summed E-state index contributed by atoms with van der Waals surface area (Å²) in [5.74, 6) is 0.0947. The van der Waals surface area contributed by atoms with Crippen molar-refractivity contribution in [1.82, 2.24) is 15.2 Å². The van der Waals surface area contributed by atoms with Gasteiger partial charge in [0.2, 0.25) is 5.91 Å². The van der Waals surface area contributed by atoms with Crippen molar-refractivity contribution in [1.29, 1.82) is 0 Å². The minimum absolute atomic E-state index is 0.0947. The highest BCUT2D eigenvalue weighted by molar-refractivity contribution is 5.91. The third-order valence-corrected chi connectivity index (χ3v) is 5.62. The van der Waals surface area contributed by atoms with Crippen molar-refractivity contribution >= 4 is 17.6 Å². The zero-order valence-electron chi connectivity index (χ0n) is 15.5. The third-order valence-electron chi connectivity index (χ3n) is 5.62. The van der Waals surface area contributed by atoms with Crippen molar-refractivity contribution in [3.05, 3.63) is 48.3 Å². The average molecular weight is 364 g/mol. The number of aryl methyl sites for hydroxylation is 1. The summed E-state index contributed by atoms with van der Waals surface area (Å²) >= 11 is 0. The van der Waals surface area contributed by atoms with E-state index < -0.39 is 0 Å². The number of aromatic nitrogens is 1. The summed E-state index contributed by atoms with van der Waals surface area (Å²) in [7, 11) is 0. The Morgan fingerprint density at radius 3 is 2.93 bits per heavy atom. The maximum absolute atomic E-state index is 12.9. The molecule has 3 amide bonds. The van der Waals surface area contributed by atoms with Crippen LogP contribution >= 0.6 is 0 Å². The van der Waals surface area contributed by atoms with Gasteiger partial charge in [0.15, 0.2) is 0 Å². The summed E-state index contributed by atoms with van der Waals surface area (Å²) in [4.78, 5) is 30.6. The van der Waals surface area contributed by atoms with E-state index in [4.69, 9.17) is 0 Å². The van der Waals surface area contributed by atoms with Crippen molar-refractivity contribution in [2.24, 2.45) is 5.41 Å². The van der Waals surface area contributed by atoms with E-state index in [9.17, 15) is 9.59 Å². The molecule has 2 saturated heterocycles. The molecule has 0 saturated carbocycles. The molecule has 1 unspecified atom stereocenters. The maximum atomic E-state index is 12.9. The molecular weight excluding hydrogens is 340 g/mol. The van der Waals surface area contributed by atoms with Gasteiger partial charge < -0.3 is 15.5 Å². The Morgan fingerprint density at radius 1 is 1.30 bits per heavy atom. The molecule has 3 heterocycles. The number of pyridine rings is 1. The Balaban J connectivity index is 1.50. The van der Waals surface area contributed by atoms with Crippen molar-refractivity contribution < 1.29 is 9.59 Å². The van der Waals surface area contributed by atoms with Crippen molar-refractivity contribution in [3.8, 4) is 11.1 Å². The second kappa shape index (κ2) is 7.02. The lowest BCUT2D eigenvalue weighted by Crippen LogP contribution is -2.48. The predicted molar refractivity (Wildman–Crippen MR) is 104 cm³/mol. The van der Waals surface area contributed by atoms with Gasteiger partial charge in [-0.25, -0.2) is 4.79 Å². The van der Waals surface area contributed by atoms with Gasteiger partial charge in [0.25, 0.3) is 0 Å². The van der Waals surface area contributed by atoms with Crippen LogP contribution in [0.4, 0.5) is 10.5 Å². The molecular formula is C21H24N4O2. The van der Waals surface area contributed by atoms with Crippen LogP contribution in [0.3, 0.4) is 0 Å². The largest absolute Gasteiger partial charge is 0.355 e. The number of nitrogens with one attached hydrogen (secondary N) is 2.